The molecule has 0 aromatic carbocycles. The zero-order chi connectivity index (χ0) is 18.3. The van der Waals surface area contributed by atoms with E-state index >= 15 is 0 Å². The number of hydrogen-bond donors (Lipinski definition) is 1. The molecule has 0 aliphatic carbocycles. The van der Waals surface area contributed by atoms with Crippen LogP contribution in [0.4, 0.5) is 0 Å². The smallest absolute Gasteiger partial charge is 0.330 e. The highest BCUT2D eigenvalue weighted by Crippen LogP contribution is 2.44. The molecule has 2 atom stereocenters. The molecule has 6 heteroatoms. The van der Waals surface area contributed by atoms with E-state index in [1.54, 1.807) is 0 Å². The second-order valence-corrected chi connectivity index (χ2v) is 9.19. The van der Waals surface area contributed by atoms with E-state index in [1.165, 1.54) is 37.9 Å². The van der Waals surface area contributed by atoms with E-state index in [4.69, 9.17) is 4.74 Å². The minimum absolute atomic E-state index is 0.107. The summed E-state index contributed by atoms with van der Waals surface area (Å²) in [4.78, 5) is 22.8. The maximum Gasteiger partial charge on any atom is 0.330 e. The third kappa shape index (κ3) is 10.9. The SMILES string of the molecule is C=CC(=O)OCCCNC(=O)CCCC(CCCCC)C1CCSS1. The molecule has 1 saturated heterocycles. The largest absolute Gasteiger partial charge is 0.462 e. The maximum absolute atomic E-state index is 11.9. The van der Waals surface area contributed by atoms with Gasteiger partial charge in [0.2, 0.25) is 5.91 Å². The third-order valence-corrected chi connectivity index (χ3v) is 7.47. The molecule has 1 heterocycles. The highest BCUT2D eigenvalue weighted by molar-refractivity contribution is 8.77. The van der Waals surface area contributed by atoms with Crippen molar-refractivity contribution in [3.63, 3.8) is 0 Å². The van der Waals surface area contributed by atoms with Crippen LogP contribution in [-0.2, 0) is 14.3 Å². The molecule has 0 aromatic rings. The molecule has 0 spiro atoms. The number of rotatable bonds is 14. The summed E-state index contributed by atoms with van der Waals surface area (Å²) in [5.41, 5.74) is 0. The number of esters is 1. The normalized spacial score (nSPS) is 17.9. The molecule has 1 N–H and O–H groups in total. The van der Waals surface area contributed by atoms with Crippen LogP contribution in [0.15, 0.2) is 12.7 Å². The lowest BCUT2D eigenvalue weighted by Crippen LogP contribution is -2.25. The van der Waals surface area contributed by atoms with Crippen LogP contribution in [0, 0.1) is 5.92 Å². The molecular formula is C19H33NO3S2. The first kappa shape index (κ1) is 22.4. The van der Waals surface area contributed by atoms with E-state index < -0.39 is 5.97 Å². The van der Waals surface area contributed by atoms with Gasteiger partial charge < -0.3 is 10.1 Å². The Hall–Kier alpha value is -0.620. The van der Waals surface area contributed by atoms with Gasteiger partial charge in [0.05, 0.1) is 6.61 Å². The Morgan fingerprint density at radius 1 is 1.28 bits per heavy atom. The fraction of sp³-hybridized carbons (Fsp3) is 0.789. The average Bonchev–Trinajstić information content (AvgIpc) is 3.14. The predicted molar refractivity (Wildman–Crippen MR) is 109 cm³/mol. The van der Waals surface area contributed by atoms with E-state index in [0.29, 0.717) is 26.0 Å². The van der Waals surface area contributed by atoms with Crippen LogP contribution in [0.1, 0.15) is 64.7 Å². The Morgan fingerprint density at radius 2 is 2.08 bits per heavy atom. The molecule has 4 nitrogen and oxygen atoms in total. The van der Waals surface area contributed by atoms with Crippen molar-refractivity contribution < 1.29 is 14.3 Å². The van der Waals surface area contributed by atoms with Crippen LogP contribution < -0.4 is 5.32 Å². The monoisotopic (exact) mass is 387 g/mol. The molecule has 144 valence electrons. The molecule has 0 bridgehead atoms. The first-order valence-electron chi connectivity index (χ1n) is 9.51. The van der Waals surface area contributed by atoms with Gasteiger partial charge in [-0.2, -0.15) is 0 Å². The highest BCUT2D eigenvalue weighted by Gasteiger charge is 2.25. The van der Waals surface area contributed by atoms with Crippen molar-refractivity contribution in [1.29, 1.82) is 0 Å². The first-order valence-corrected chi connectivity index (χ1v) is 11.9. The van der Waals surface area contributed by atoms with E-state index in [1.807, 2.05) is 10.8 Å². The van der Waals surface area contributed by atoms with Crippen LogP contribution >= 0.6 is 21.6 Å². The van der Waals surface area contributed by atoms with Crippen LogP contribution in [0.2, 0.25) is 0 Å². The number of nitrogens with one attached hydrogen (secondary N) is 1. The van der Waals surface area contributed by atoms with Gasteiger partial charge in [0.1, 0.15) is 0 Å². The molecule has 1 rings (SSSR count). The lowest BCUT2D eigenvalue weighted by Gasteiger charge is -2.22. The summed E-state index contributed by atoms with van der Waals surface area (Å²) in [6.45, 7) is 6.46. The number of carbonyl (C=O) groups is 2. The van der Waals surface area contributed by atoms with Gasteiger partial charge in [0.15, 0.2) is 0 Å². The molecule has 25 heavy (non-hydrogen) atoms. The van der Waals surface area contributed by atoms with Crippen LogP contribution in [0.25, 0.3) is 0 Å². The Bertz CT molecular complexity index is 398. The summed E-state index contributed by atoms with van der Waals surface area (Å²) in [6, 6.07) is 0. The van der Waals surface area contributed by atoms with Gasteiger partial charge in [-0.15, -0.1) is 0 Å². The Labute approximate surface area is 160 Å². The van der Waals surface area contributed by atoms with E-state index in [0.717, 1.165) is 30.1 Å². The van der Waals surface area contributed by atoms with Crippen molar-refractivity contribution in [2.45, 2.75) is 70.0 Å². The Kier molecular flexibility index (Phi) is 13.0. The maximum atomic E-state index is 11.9. The van der Waals surface area contributed by atoms with Crippen LogP contribution in [0.5, 0.6) is 0 Å². The van der Waals surface area contributed by atoms with Gasteiger partial charge >= 0.3 is 5.97 Å². The zero-order valence-corrected chi connectivity index (χ0v) is 17.1. The fourth-order valence-electron chi connectivity index (χ4n) is 2.98. The zero-order valence-electron chi connectivity index (χ0n) is 15.5. The second kappa shape index (κ2) is 14.5. The molecule has 0 aromatic heterocycles. The standard InChI is InChI=1S/C19H33NO3S2/c1-3-5-6-9-16(17-12-15-24-25-17)10-7-11-18(21)20-13-8-14-23-19(22)4-2/h4,16-17H,2-3,5-15H2,1H3,(H,20,21). The van der Waals surface area contributed by atoms with Gasteiger partial charge in [-0.3, -0.25) is 4.79 Å². The van der Waals surface area contributed by atoms with Crippen molar-refractivity contribution in [3.8, 4) is 0 Å². The second-order valence-electron chi connectivity index (χ2n) is 6.47. The molecule has 0 saturated carbocycles. The first-order chi connectivity index (χ1) is 12.2. The third-order valence-electron chi connectivity index (χ3n) is 4.41. The van der Waals surface area contributed by atoms with Crippen molar-refractivity contribution >= 4 is 33.5 Å². The molecule has 1 aliphatic heterocycles. The van der Waals surface area contributed by atoms with E-state index in [9.17, 15) is 9.59 Å². The molecule has 0 radical (unpaired) electrons. The van der Waals surface area contributed by atoms with Crippen LogP contribution in [-0.4, -0.2) is 36.0 Å². The summed E-state index contributed by atoms with van der Waals surface area (Å²) < 4.78 is 4.88. The Balaban J connectivity index is 2.13. The number of carbonyl (C=O) groups excluding carboxylic acids is 2. The number of hydrogen-bond acceptors (Lipinski definition) is 5. The minimum Gasteiger partial charge on any atom is -0.462 e. The minimum atomic E-state index is -0.414. The van der Waals surface area contributed by atoms with Crippen molar-refractivity contribution in [2.24, 2.45) is 5.92 Å². The number of unbranched alkanes of at least 4 members (excludes halogenated alkanes) is 2. The summed E-state index contributed by atoms with van der Waals surface area (Å²) in [5, 5.41) is 3.69. The summed E-state index contributed by atoms with van der Waals surface area (Å²) in [5.74, 6) is 1.73. The Morgan fingerprint density at radius 3 is 2.76 bits per heavy atom. The van der Waals surface area contributed by atoms with Crippen molar-refractivity contribution in [2.75, 3.05) is 18.9 Å². The molecule has 1 amide bonds. The molecule has 1 fully saturated rings. The summed E-state index contributed by atoms with van der Waals surface area (Å²) in [7, 11) is 4.06. The van der Waals surface area contributed by atoms with Gasteiger partial charge in [0.25, 0.3) is 0 Å². The van der Waals surface area contributed by atoms with E-state index in [-0.39, 0.29) is 5.91 Å². The molecule has 1 aliphatic rings. The van der Waals surface area contributed by atoms with Gasteiger partial charge in [-0.1, -0.05) is 54.4 Å². The predicted octanol–water partition coefficient (Wildman–Crippen LogP) is 4.74. The number of ether oxygens (including phenoxy) is 1. The lowest BCUT2D eigenvalue weighted by molar-refractivity contribution is -0.137. The lowest BCUT2D eigenvalue weighted by atomic mass is 9.91. The van der Waals surface area contributed by atoms with Crippen molar-refractivity contribution in [1.82, 2.24) is 5.32 Å². The topological polar surface area (TPSA) is 55.4 Å². The van der Waals surface area contributed by atoms with E-state index in [2.05, 4.69) is 29.6 Å². The van der Waals surface area contributed by atoms with Crippen LogP contribution in [0.3, 0.4) is 0 Å². The molecule has 2 unspecified atom stereocenters. The fourth-order valence-corrected chi connectivity index (χ4v) is 6.26. The average molecular weight is 388 g/mol. The van der Waals surface area contributed by atoms with Gasteiger partial charge in [-0.25, -0.2) is 4.79 Å². The summed E-state index contributed by atoms with van der Waals surface area (Å²) in [6.07, 6.45) is 11.0. The quantitative estimate of drug-likeness (QED) is 0.202. The highest BCUT2D eigenvalue weighted by atomic mass is 33.1. The summed E-state index contributed by atoms with van der Waals surface area (Å²) >= 11 is 0. The number of amides is 1. The molecular weight excluding hydrogens is 354 g/mol. The van der Waals surface area contributed by atoms with Gasteiger partial charge in [-0.05, 0) is 38.0 Å². The van der Waals surface area contributed by atoms with Crippen molar-refractivity contribution in [3.05, 3.63) is 12.7 Å². The van der Waals surface area contributed by atoms with Gasteiger partial charge in [0, 0.05) is 30.0 Å².